The lowest BCUT2D eigenvalue weighted by Crippen LogP contribution is -2.28. The van der Waals surface area contributed by atoms with Gasteiger partial charge in [0.1, 0.15) is 0 Å². The van der Waals surface area contributed by atoms with Gasteiger partial charge in [-0.15, -0.1) is 11.3 Å². The minimum absolute atomic E-state index is 0.0888. The van der Waals surface area contributed by atoms with Crippen LogP contribution in [-0.4, -0.2) is 20.7 Å². The molecule has 2 aromatic rings. The number of amides is 1. The molecule has 1 atom stereocenters. The predicted octanol–water partition coefficient (Wildman–Crippen LogP) is 2.51. The Hall–Kier alpha value is -1.47. The van der Waals surface area contributed by atoms with E-state index < -0.39 is 0 Å². The van der Waals surface area contributed by atoms with Crippen LogP contribution in [0.15, 0.2) is 17.5 Å². The van der Waals surface area contributed by atoms with Gasteiger partial charge in [0.15, 0.2) is 10.6 Å². The minimum Gasteiger partial charge on any atom is -0.342 e. The molecule has 2 aromatic heterocycles. The largest absolute Gasteiger partial charge is 0.342 e. The van der Waals surface area contributed by atoms with Crippen LogP contribution in [0.4, 0.5) is 0 Å². The van der Waals surface area contributed by atoms with Gasteiger partial charge in [-0.3, -0.25) is 9.89 Å². The first-order chi connectivity index (χ1) is 8.63. The van der Waals surface area contributed by atoms with E-state index >= 15 is 0 Å². The van der Waals surface area contributed by atoms with E-state index in [1.165, 1.54) is 11.3 Å². The quantitative estimate of drug-likeness (QED) is 0.847. The van der Waals surface area contributed by atoms with Gasteiger partial charge in [-0.1, -0.05) is 6.07 Å². The zero-order valence-corrected chi connectivity index (χ0v) is 11.8. The van der Waals surface area contributed by atoms with Crippen molar-refractivity contribution >= 4 is 29.5 Å². The maximum absolute atomic E-state index is 11.9. The Morgan fingerprint density at radius 2 is 2.50 bits per heavy atom. The Balaban J connectivity index is 2.15. The molecule has 2 N–H and O–H groups in total. The van der Waals surface area contributed by atoms with Crippen molar-refractivity contribution in [1.29, 1.82) is 0 Å². The Morgan fingerprint density at radius 3 is 3.11 bits per heavy atom. The van der Waals surface area contributed by atoms with Crippen molar-refractivity contribution in [3.05, 3.63) is 33.0 Å². The van der Waals surface area contributed by atoms with E-state index in [1.54, 1.807) is 6.07 Å². The third-order valence-electron chi connectivity index (χ3n) is 2.58. The molecular weight excluding hydrogens is 268 g/mol. The Labute approximate surface area is 114 Å². The van der Waals surface area contributed by atoms with Crippen molar-refractivity contribution in [1.82, 2.24) is 20.1 Å². The molecule has 2 rings (SSSR count). The van der Waals surface area contributed by atoms with Gasteiger partial charge in [0.05, 0.1) is 10.9 Å². The van der Waals surface area contributed by atoms with Gasteiger partial charge in [-0.25, -0.2) is 0 Å². The lowest BCUT2D eigenvalue weighted by atomic mass is 10.3. The van der Waals surface area contributed by atoms with Gasteiger partial charge in [0, 0.05) is 6.54 Å². The standard InChI is InChI=1S/C11H14N4OS2/c1-3-15-9(13-14-11(15)17)7(2)12-10(16)8-5-4-6-18-8/h4-7H,3H2,1-2H3,(H,12,16)(H,14,17)/t7-/m0/s1. The first-order valence-electron chi connectivity index (χ1n) is 5.63. The molecule has 0 aromatic carbocycles. The average molecular weight is 282 g/mol. The summed E-state index contributed by atoms with van der Waals surface area (Å²) >= 11 is 6.53. The van der Waals surface area contributed by atoms with Crippen LogP contribution in [0.3, 0.4) is 0 Å². The second-order valence-electron chi connectivity index (χ2n) is 3.80. The molecule has 0 saturated carbocycles. The number of aromatic nitrogens is 3. The fourth-order valence-electron chi connectivity index (χ4n) is 1.71. The second kappa shape index (κ2) is 5.45. The van der Waals surface area contributed by atoms with Crippen LogP contribution in [0.1, 0.15) is 35.4 Å². The van der Waals surface area contributed by atoms with E-state index in [2.05, 4.69) is 15.5 Å². The van der Waals surface area contributed by atoms with Crippen LogP contribution >= 0.6 is 23.6 Å². The molecule has 0 aliphatic heterocycles. The Kier molecular flexibility index (Phi) is 3.93. The fourth-order valence-corrected chi connectivity index (χ4v) is 2.60. The molecule has 0 aliphatic carbocycles. The topological polar surface area (TPSA) is 62.7 Å². The highest BCUT2D eigenvalue weighted by Gasteiger charge is 2.16. The summed E-state index contributed by atoms with van der Waals surface area (Å²) in [5.41, 5.74) is 0. The SMILES string of the molecule is CCn1c([C@H](C)NC(=O)c2cccs2)n[nH]c1=S. The summed E-state index contributed by atoms with van der Waals surface area (Å²) in [6.45, 7) is 4.61. The highest BCUT2D eigenvalue weighted by atomic mass is 32.1. The first-order valence-corrected chi connectivity index (χ1v) is 6.91. The first kappa shape index (κ1) is 13.0. The van der Waals surface area contributed by atoms with Crippen LogP contribution in [0.2, 0.25) is 0 Å². The van der Waals surface area contributed by atoms with Gasteiger partial charge in [0.2, 0.25) is 0 Å². The average Bonchev–Trinajstić information content (AvgIpc) is 2.97. The zero-order valence-electron chi connectivity index (χ0n) is 10.1. The monoisotopic (exact) mass is 282 g/mol. The molecule has 2 heterocycles. The van der Waals surface area contributed by atoms with E-state index in [9.17, 15) is 4.79 Å². The summed E-state index contributed by atoms with van der Waals surface area (Å²) in [5, 5.41) is 11.7. The number of thiophene rings is 1. The van der Waals surface area contributed by atoms with Crippen molar-refractivity contribution in [2.24, 2.45) is 0 Å². The zero-order chi connectivity index (χ0) is 13.1. The third kappa shape index (κ3) is 2.51. The molecule has 0 bridgehead atoms. The van der Waals surface area contributed by atoms with Crippen molar-refractivity contribution in [3.63, 3.8) is 0 Å². The van der Waals surface area contributed by atoms with Gasteiger partial charge in [-0.2, -0.15) is 5.10 Å². The summed E-state index contributed by atoms with van der Waals surface area (Å²) in [5.74, 6) is 0.654. The van der Waals surface area contributed by atoms with Crippen LogP contribution < -0.4 is 5.32 Å². The van der Waals surface area contributed by atoms with Crippen LogP contribution in [0.5, 0.6) is 0 Å². The number of rotatable bonds is 4. The normalized spacial score (nSPS) is 12.3. The molecule has 5 nitrogen and oxygen atoms in total. The lowest BCUT2D eigenvalue weighted by molar-refractivity contribution is 0.0941. The number of carbonyl (C=O) groups excluding carboxylic acids is 1. The molecule has 1 amide bonds. The lowest BCUT2D eigenvalue weighted by Gasteiger charge is -2.13. The second-order valence-corrected chi connectivity index (χ2v) is 5.14. The van der Waals surface area contributed by atoms with Crippen LogP contribution in [0.25, 0.3) is 0 Å². The van der Waals surface area contributed by atoms with Crippen molar-refractivity contribution in [3.8, 4) is 0 Å². The van der Waals surface area contributed by atoms with E-state index in [0.29, 0.717) is 9.65 Å². The van der Waals surface area contributed by atoms with Crippen molar-refractivity contribution in [2.75, 3.05) is 0 Å². The summed E-state index contributed by atoms with van der Waals surface area (Å²) in [6, 6.07) is 3.46. The number of aromatic amines is 1. The summed E-state index contributed by atoms with van der Waals surface area (Å²) in [6.07, 6.45) is 0. The number of hydrogen-bond acceptors (Lipinski definition) is 4. The molecule has 0 saturated heterocycles. The fraction of sp³-hybridized carbons (Fsp3) is 0.364. The van der Waals surface area contributed by atoms with E-state index in [4.69, 9.17) is 12.2 Å². The maximum Gasteiger partial charge on any atom is 0.261 e. The molecule has 0 fully saturated rings. The molecule has 18 heavy (non-hydrogen) atoms. The highest BCUT2D eigenvalue weighted by molar-refractivity contribution is 7.71. The molecule has 0 spiro atoms. The Morgan fingerprint density at radius 1 is 1.72 bits per heavy atom. The number of carbonyl (C=O) groups is 1. The molecule has 7 heteroatoms. The number of nitrogens with zero attached hydrogens (tertiary/aromatic N) is 2. The minimum atomic E-state index is -0.188. The van der Waals surface area contributed by atoms with E-state index in [0.717, 1.165) is 12.4 Å². The number of hydrogen-bond donors (Lipinski definition) is 2. The number of nitrogens with one attached hydrogen (secondary N) is 2. The third-order valence-corrected chi connectivity index (χ3v) is 3.76. The molecule has 0 unspecified atom stereocenters. The summed E-state index contributed by atoms with van der Waals surface area (Å²) in [4.78, 5) is 12.6. The van der Waals surface area contributed by atoms with Gasteiger partial charge in [-0.05, 0) is 37.5 Å². The highest BCUT2D eigenvalue weighted by Crippen LogP contribution is 2.13. The summed E-state index contributed by atoms with van der Waals surface area (Å²) < 4.78 is 2.44. The van der Waals surface area contributed by atoms with Crippen LogP contribution in [0, 0.1) is 4.77 Å². The van der Waals surface area contributed by atoms with Crippen molar-refractivity contribution in [2.45, 2.75) is 26.4 Å². The Bertz CT molecular complexity index is 584. The van der Waals surface area contributed by atoms with Crippen molar-refractivity contribution < 1.29 is 4.79 Å². The van der Waals surface area contributed by atoms with Crippen LogP contribution in [-0.2, 0) is 6.54 Å². The molecule has 96 valence electrons. The van der Waals surface area contributed by atoms with Gasteiger partial charge >= 0.3 is 0 Å². The number of H-pyrrole nitrogens is 1. The van der Waals surface area contributed by atoms with E-state index in [-0.39, 0.29) is 11.9 Å². The van der Waals surface area contributed by atoms with E-state index in [1.807, 2.05) is 29.9 Å². The maximum atomic E-state index is 11.9. The molecular formula is C11H14N4OS2. The predicted molar refractivity (Wildman–Crippen MR) is 73.3 cm³/mol. The smallest absolute Gasteiger partial charge is 0.261 e. The van der Waals surface area contributed by atoms with Gasteiger partial charge in [0.25, 0.3) is 5.91 Å². The van der Waals surface area contributed by atoms with Gasteiger partial charge < -0.3 is 9.88 Å². The molecule has 0 aliphatic rings. The summed E-state index contributed by atoms with van der Waals surface area (Å²) in [7, 11) is 0. The molecule has 0 radical (unpaired) electrons.